The van der Waals surface area contributed by atoms with Gasteiger partial charge in [-0.25, -0.2) is 9.67 Å². The van der Waals surface area contributed by atoms with Crippen LogP contribution in [0.3, 0.4) is 0 Å². The van der Waals surface area contributed by atoms with E-state index in [1.54, 1.807) is 12.3 Å². The van der Waals surface area contributed by atoms with E-state index in [2.05, 4.69) is 5.10 Å². The molecule has 30 heavy (non-hydrogen) atoms. The van der Waals surface area contributed by atoms with Gasteiger partial charge in [-0.05, 0) is 42.6 Å². The van der Waals surface area contributed by atoms with Crippen LogP contribution in [-0.4, -0.2) is 15.5 Å². The van der Waals surface area contributed by atoms with Gasteiger partial charge in [-0.15, -0.1) is 0 Å². The molecule has 0 radical (unpaired) electrons. The highest BCUT2D eigenvalue weighted by Crippen LogP contribution is 2.27. The lowest BCUT2D eigenvalue weighted by Gasteiger charge is -2.06. The zero-order valence-corrected chi connectivity index (χ0v) is 16.4. The molecule has 5 heteroatoms. The van der Waals surface area contributed by atoms with Gasteiger partial charge in [-0.2, -0.15) is 0 Å². The van der Waals surface area contributed by atoms with Crippen LogP contribution in [0.4, 0.5) is 5.69 Å². The Kier molecular flexibility index (Phi) is 4.41. The molecule has 0 spiro atoms. The Labute approximate surface area is 172 Å². The predicted molar refractivity (Wildman–Crippen MR) is 119 cm³/mol. The summed E-state index contributed by atoms with van der Waals surface area (Å²) in [5, 5.41) is 5.28. The van der Waals surface area contributed by atoms with Crippen molar-refractivity contribution in [2.24, 2.45) is 4.99 Å². The summed E-state index contributed by atoms with van der Waals surface area (Å²) in [6.07, 6.45) is 1.59. The molecule has 0 atom stereocenters. The number of aromatic nitrogens is 2. The number of para-hydroxylation sites is 1. The Bertz CT molecular complexity index is 1400. The third-order valence-electron chi connectivity index (χ3n) is 5.08. The zero-order valence-electron chi connectivity index (χ0n) is 16.4. The molecule has 146 valence electrons. The van der Waals surface area contributed by atoms with Crippen LogP contribution in [0.1, 0.15) is 17.0 Å². The van der Waals surface area contributed by atoms with Crippen molar-refractivity contribution in [1.82, 2.24) is 9.78 Å². The van der Waals surface area contributed by atoms with Crippen LogP contribution in [0.2, 0.25) is 0 Å². The average Bonchev–Trinajstić information content (AvgIpc) is 3.41. The third-order valence-corrected chi connectivity index (χ3v) is 5.08. The van der Waals surface area contributed by atoms with Gasteiger partial charge in [-0.1, -0.05) is 54.6 Å². The molecule has 5 rings (SSSR count). The summed E-state index contributed by atoms with van der Waals surface area (Å²) in [6, 6.07) is 27.1. The number of aromatic amines is 1. The Morgan fingerprint density at radius 1 is 0.900 bits per heavy atom. The van der Waals surface area contributed by atoms with Gasteiger partial charge in [0.1, 0.15) is 5.71 Å². The van der Waals surface area contributed by atoms with Gasteiger partial charge in [0.05, 0.1) is 23.2 Å². The van der Waals surface area contributed by atoms with Gasteiger partial charge in [0.25, 0.3) is 5.56 Å². The quantitative estimate of drug-likeness (QED) is 0.416. The van der Waals surface area contributed by atoms with Crippen LogP contribution in [0.5, 0.6) is 0 Å². The van der Waals surface area contributed by atoms with Crippen molar-refractivity contribution >= 4 is 22.2 Å². The van der Waals surface area contributed by atoms with Crippen molar-refractivity contribution in [2.45, 2.75) is 6.92 Å². The minimum atomic E-state index is -0.172. The molecular weight excluding hydrogens is 374 g/mol. The monoisotopic (exact) mass is 393 g/mol. The third kappa shape index (κ3) is 3.06. The van der Waals surface area contributed by atoms with E-state index in [-0.39, 0.29) is 5.56 Å². The summed E-state index contributed by atoms with van der Waals surface area (Å²) < 4.78 is 7.20. The summed E-state index contributed by atoms with van der Waals surface area (Å²) in [5.41, 5.74) is 3.09. The predicted octanol–water partition coefficient (Wildman–Crippen LogP) is 5.39. The van der Waals surface area contributed by atoms with E-state index in [4.69, 9.17) is 9.41 Å². The first-order chi connectivity index (χ1) is 14.7. The molecule has 5 nitrogen and oxygen atoms in total. The first-order valence-corrected chi connectivity index (χ1v) is 9.70. The molecule has 3 aromatic carbocycles. The molecule has 0 amide bonds. The fraction of sp³-hybridized carbons (Fsp3) is 0.0400. The number of nitrogens with zero attached hydrogens (tertiary/aromatic N) is 2. The van der Waals surface area contributed by atoms with E-state index in [0.717, 1.165) is 27.8 Å². The number of nitrogens with one attached hydrogen (secondary N) is 1. The van der Waals surface area contributed by atoms with Crippen molar-refractivity contribution in [3.05, 3.63) is 119 Å². The van der Waals surface area contributed by atoms with Gasteiger partial charge in [-0.3, -0.25) is 9.89 Å². The Balaban J connectivity index is 1.76. The highest BCUT2D eigenvalue weighted by Gasteiger charge is 2.21. The summed E-state index contributed by atoms with van der Waals surface area (Å²) in [5.74, 6) is 0.544. The molecule has 0 aliphatic carbocycles. The van der Waals surface area contributed by atoms with E-state index >= 15 is 0 Å². The maximum atomic E-state index is 13.4. The molecule has 2 heterocycles. The molecule has 0 fully saturated rings. The molecule has 0 aliphatic heterocycles. The second-order valence-electron chi connectivity index (χ2n) is 7.02. The first-order valence-electron chi connectivity index (χ1n) is 9.70. The molecule has 2 aromatic heterocycles. The highest BCUT2D eigenvalue weighted by molar-refractivity contribution is 6.14. The number of aryl methyl sites for hydroxylation is 1. The van der Waals surface area contributed by atoms with Crippen molar-refractivity contribution < 1.29 is 4.42 Å². The maximum Gasteiger partial charge on any atom is 0.281 e. The van der Waals surface area contributed by atoms with Gasteiger partial charge < -0.3 is 4.42 Å². The summed E-state index contributed by atoms with van der Waals surface area (Å²) >= 11 is 0. The second kappa shape index (κ2) is 7.37. The van der Waals surface area contributed by atoms with Crippen LogP contribution >= 0.6 is 0 Å². The summed E-state index contributed by atoms with van der Waals surface area (Å²) in [6.45, 7) is 1.87. The van der Waals surface area contributed by atoms with Crippen LogP contribution in [-0.2, 0) is 0 Å². The van der Waals surface area contributed by atoms with Gasteiger partial charge >= 0.3 is 0 Å². The number of H-pyrrole nitrogens is 1. The number of furan rings is 1. The number of fused-ring (bicyclic) bond motifs is 1. The summed E-state index contributed by atoms with van der Waals surface area (Å²) in [4.78, 5) is 18.3. The van der Waals surface area contributed by atoms with Crippen molar-refractivity contribution in [2.75, 3.05) is 0 Å². The van der Waals surface area contributed by atoms with Crippen molar-refractivity contribution in [1.29, 1.82) is 0 Å². The molecule has 0 bridgehead atoms. The van der Waals surface area contributed by atoms with Gasteiger partial charge in [0.15, 0.2) is 5.76 Å². The molecule has 0 saturated carbocycles. The van der Waals surface area contributed by atoms with Crippen LogP contribution in [0.25, 0.3) is 16.5 Å². The second-order valence-corrected chi connectivity index (χ2v) is 7.02. The van der Waals surface area contributed by atoms with Crippen molar-refractivity contribution in [3.8, 4) is 5.69 Å². The molecular formula is C25H19N3O2. The topological polar surface area (TPSA) is 63.3 Å². The van der Waals surface area contributed by atoms with Crippen LogP contribution in [0.15, 0.2) is 105 Å². The fourth-order valence-corrected chi connectivity index (χ4v) is 3.66. The van der Waals surface area contributed by atoms with Crippen molar-refractivity contribution in [3.63, 3.8) is 0 Å². The lowest BCUT2D eigenvalue weighted by atomic mass is 10.1. The van der Waals surface area contributed by atoms with E-state index in [1.165, 1.54) is 4.68 Å². The Morgan fingerprint density at radius 2 is 1.67 bits per heavy atom. The molecule has 1 N–H and O–H groups in total. The molecule has 0 saturated heterocycles. The molecule has 0 unspecified atom stereocenters. The smallest absolute Gasteiger partial charge is 0.281 e. The number of hydrogen-bond donors (Lipinski definition) is 1. The van der Waals surface area contributed by atoms with Crippen LogP contribution < -0.4 is 5.56 Å². The molecule has 5 aromatic rings. The lowest BCUT2D eigenvalue weighted by molar-refractivity contribution is 0.558. The normalized spacial score (nSPS) is 11.8. The minimum absolute atomic E-state index is 0.172. The minimum Gasteiger partial charge on any atom is -0.463 e. The van der Waals surface area contributed by atoms with E-state index in [0.29, 0.717) is 17.0 Å². The summed E-state index contributed by atoms with van der Waals surface area (Å²) in [7, 11) is 0. The average molecular weight is 393 g/mol. The van der Waals surface area contributed by atoms with E-state index in [9.17, 15) is 4.79 Å². The van der Waals surface area contributed by atoms with Crippen LogP contribution in [0, 0.1) is 6.92 Å². The number of aliphatic imine (C=N–C) groups is 1. The lowest BCUT2D eigenvalue weighted by Crippen LogP contribution is -2.21. The first kappa shape index (κ1) is 17.9. The molecule has 0 aliphatic rings. The maximum absolute atomic E-state index is 13.4. The van der Waals surface area contributed by atoms with Gasteiger partial charge in [0.2, 0.25) is 0 Å². The fourth-order valence-electron chi connectivity index (χ4n) is 3.66. The van der Waals surface area contributed by atoms with E-state index < -0.39 is 0 Å². The number of rotatable bonds is 4. The SMILES string of the molecule is Cc1[nH]n(-c2ccccc2)c(=O)c1C(=Nc1cccc2ccccc12)c1ccco1. The standard InChI is InChI=1S/C25H19N3O2/c1-17-23(25(29)28(27-17)19-11-3-2-4-12-19)24(22-15-8-16-30-22)26-21-14-7-10-18-9-5-6-13-20(18)21/h2-16,27H,1H3. The number of hydrogen-bond acceptors (Lipinski definition) is 3. The largest absolute Gasteiger partial charge is 0.463 e. The Hall–Kier alpha value is -4.12. The van der Waals surface area contributed by atoms with Gasteiger partial charge in [0, 0.05) is 11.1 Å². The highest BCUT2D eigenvalue weighted by atomic mass is 16.3. The number of benzene rings is 3. The zero-order chi connectivity index (χ0) is 20.5. The Morgan fingerprint density at radius 3 is 2.47 bits per heavy atom. The van der Waals surface area contributed by atoms with E-state index in [1.807, 2.05) is 85.8 Å².